The second-order valence-corrected chi connectivity index (χ2v) is 8.51. The van der Waals surface area contributed by atoms with E-state index in [4.69, 9.17) is 12.2 Å². The zero-order chi connectivity index (χ0) is 17.8. The van der Waals surface area contributed by atoms with E-state index in [1.165, 1.54) is 32.8 Å². The maximum Gasteiger partial charge on any atom is 0.129 e. The Kier molecular flexibility index (Phi) is 3.85. The SMILES string of the molecule is CCc1ccc(-n2sc3c(c2=S)-c2cccc(C)c2NC3(C)C)cc1. The van der Waals surface area contributed by atoms with Gasteiger partial charge in [-0.25, -0.2) is 0 Å². The lowest BCUT2D eigenvalue weighted by Gasteiger charge is -2.34. The summed E-state index contributed by atoms with van der Waals surface area (Å²) in [7, 11) is 0. The molecular formula is C21H22N2S2. The van der Waals surface area contributed by atoms with Crippen LogP contribution in [0.15, 0.2) is 42.5 Å². The molecule has 0 amide bonds. The van der Waals surface area contributed by atoms with E-state index in [-0.39, 0.29) is 5.54 Å². The van der Waals surface area contributed by atoms with Crippen molar-refractivity contribution < 1.29 is 0 Å². The van der Waals surface area contributed by atoms with Crippen molar-refractivity contribution in [1.82, 2.24) is 3.96 Å². The summed E-state index contributed by atoms with van der Waals surface area (Å²) in [5.41, 5.74) is 7.25. The highest BCUT2D eigenvalue weighted by molar-refractivity contribution is 7.71. The van der Waals surface area contributed by atoms with Crippen LogP contribution in [-0.4, -0.2) is 3.96 Å². The van der Waals surface area contributed by atoms with Crippen molar-refractivity contribution in [1.29, 1.82) is 0 Å². The molecule has 0 saturated heterocycles. The Morgan fingerprint density at radius 1 is 1.12 bits per heavy atom. The van der Waals surface area contributed by atoms with Crippen molar-refractivity contribution in [3.05, 3.63) is 63.1 Å². The fourth-order valence-corrected chi connectivity index (χ4v) is 5.14. The maximum absolute atomic E-state index is 5.92. The molecule has 3 aromatic rings. The first-order valence-corrected chi connectivity index (χ1v) is 9.85. The molecule has 4 heteroatoms. The third-order valence-electron chi connectivity index (χ3n) is 4.93. The van der Waals surface area contributed by atoms with Crippen LogP contribution in [0.2, 0.25) is 0 Å². The minimum Gasteiger partial charge on any atom is -0.374 e. The predicted molar refractivity (Wildman–Crippen MR) is 111 cm³/mol. The summed E-state index contributed by atoms with van der Waals surface area (Å²) in [5.74, 6) is 0. The number of hydrogen-bond acceptors (Lipinski definition) is 3. The van der Waals surface area contributed by atoms with E-state index < -0.39 is 0 Å². The molecule has 1 aromatic heterocycles. The minimum absolute atomic E-state index is 0.138. The topological polar surface area (TPSA) is 17.0 Å². The fourth-order valence-electron chi connectivity index (χ4n) is 3.49. The minimum atomic E-state index is -0.138. The van der Waals surface area contributed by atoms with Crippen LogP contribution in [0.4, 0.5) is 5.69 Å². The van der Waals surface area contributed by atoms with Gasteiger partial charge in [-0.15, -0.1) is 0 Å². The molecule has 2 nitrogen and oxygen atoms in total. The van der Waals surface area contributed by atoms with E-state index in [1.54, 1.807) is 11.5 Å². The van der Waals surface area contributed by atoms with Crippen LogP contribution in [0.3, 0.4) is 0 Å². The molecule has 25 heavy (non-hydrogen) atoms. The number of nitrogens with one attached hydrogen (secondary N) is 1. The molecule has 1 aliphatic heterocycles. The largest absolute Gasteiger partial charge is 0.374 e. The summed E-state index contributed by atoms with van der Waals surface area (Å²) in [6, 6.07) is 15.2. The van der Waals surface area contributed by atoms with E-state index >= 15 is 0 Å². The van der Waals surface area contributed by atoms with E-state index in [0.717, 1.165) is 16.7 Å². The zero-order valence-corrected chi connectivity index (χ0v) is 16.6. The van der Waals surface area contributed by atoms with Crippen LogP contribution in [-0.2, 0) is 12.0 Å². The van der Waals surface area contributed by atoms with Crippen molar-refractivity contribution in [3.8, 4) is 16.8 Å². The molecule has 2 aromatic carbocycles. The van der Waals surface area contributed by atoms with Crippen molar-refractivity contribution in [3.63, 3.8) is 0 Å². The smallest absolute Gasteiger partial charge is 0.129 e. The first-order chi connectivity index (χ1) is 11.9. The van der Waals surface area contributed by atoms with Gasteiger partial charge in [-0.2, -0.15) is 0 Å². The Bertz CT molecular complexity index is 1010. The van der Waals surface area contributed by atoms with Gasteiger partial charge in [0.1, 0.15) is 4.64 Å². The van der Waals surface area contributed by atoms with Crippen molar-refractivity contribution in [2.24, 2.45) is 0 Å². The highest BCUT2D eigenvalue weighted by Gasteiger charge is 2.35. The first kappa shape index (κ1) is 16.6. The summed E-state index contributed by atoms with van der Waals surface area (Å²) in [6.07, 6.45) is 1.05. The highest BCUT2D eigenvalue weighted by atomic mass is 32.1. The van der Waals surface area contributed by atoms with Crippen LogP contribution in [0.25, 0.3) is 16.8 Å². The number of hydrogen-bond donors (Lipinski definition) is 1. The van der Waals surface area contributed by atoms with Crippen molar-refractivity contribution in [2.75, 3.05) is 5.32 Å². The van der Waals surface area contributed by atoms with Gasteiger partial charge < -0.3 is 5.32 Å². The first-order valence-electron chi connectivity index (χ1n) is 8.66. The van der Waals surface area contributed by atoms with Crippen LogP contribution in [0.1, 0.15) is 36.8 Å². The average molecular weight is 367 g/mol. The Balaban J connectivity index is 1.97. The molecule has 0 bridgehead atoms. The molecule has 128 valence electrons. The molecule has 0 unspecified atom stereocenters. The average Bonchev–Trinajstić information content (AvgIpc) is 2.95. The number of aromatic nitrogens is 1. The summed E-state index contributed by atoms with van der Waals surface area (Å²) in [4.78, 5) is 1.30. The van der Waals surface area contributed by atoms with Gasteiger partial charge in [0.05, 0.1) is 16.1 Å². The van der Waals surface area contributed by atoms with Gasteiger partial charge in [0, 0.05) is 16.8 Å². The third kappa shape index (κ3) is 2.55. The van der Waals surface area contributed by atoms with Crippen LogP contribution >= 0.6 is 23.8 Å². The summed E-state index contributed by atoms with van der Waals surface area (Å²) in [6.45, 7) is 8.80. The summed E-state index contributed by atoms with van der Waals surface area (Å²) in [5, 5.41) is 3.72. The molecule has 0 fully saturated rings. The summed E-state index contributed by atoms with van der Waals surface area (Å²) < 4.78 is 3.10. The monoisotopic (exact) mass is 366 g/mol. The molecule has 2 heterocycles. The van der Waals surface area contributed by atoms with Crippen molar-refractivity contribution in [2.45, 2.75) is 39.7 Å². The van der Waals surface area contributed by atoms with Gasteiger partial charge >= 0.3 is 0 Å². The summed E-state index contributed by atoms with van der Waals surface area (Å²) >= 11 is 7.68. The molecule has 0 radical (unpaired) electrons. The number of nitrogens with zero attached hydrogens (tertiary/aromatic N) is 1. The van der Waals surface area contributed by atoms with E-state index in [2.05, 4.69) is 79.4 Å². The fraction of sp³-hybridized carbons (Fsp3) is 0.286. The number of rotatable bonds is 2. The van der Waals surface area contributed by atoms with Crippen LogP contribution in [0.5, 0.6) is 0 Å². The van der Waals surface area contributed by atoms with Crippen molar-refractivity contribution >= 4 is 29.4 Å². The Morgan fingerprint density at radius 3 is 2.52 bits per heavy atom. The molecule has 1 N–H and O–H groups in total. The van der Waals surface area contributed by atoms with Crippen LogP contribution in [0, 0.1) is 11.6 Å². The number of fused-ring (bicyclic) bond motifs is 3. The van der Waals surface area contributed by atoms with E-state index in [0.29, 0.717) is 0 Å². The second kappa shape index (κ2) is 5.82. The number of aryl methyl sites for hydroxylation is 2. The van der Waals surface area contributed by atoms with Gasteiger partial charge in [-0.3, -0.25) is 3.96 Å². The van der Waals surface area contributed by atoms with Gasteiger partial charge in [-0.1, -0.05) is 61.0 Å². The molecule has 0 aliphatic carbocycles. The van der Waals surface area contributed by atoms with Gasteiger partial charge in [-0.05, 0) is 50.5 Å². The van der Waals surface area contributed by atoms with Crippen LogP contribution < -0.4 is 5.32 Å². The lowest BCUT2D eigenvalue weighted by atomic mass is 9.88. The third-order valence-corrected chi connectivity index (χ3v) is 6.91. The van der Waals surface area contributed by atoms with Gasteiger partial charge in [0.15, 0.2) is 0 Å². The molecule has 0 spiro atoms. The van der Waals surface area contributed by atoms with E-state index in [9.17, 15) is 0 Å². The second-order valence-electron chi connectivity index (χ2n) is 7.16. The predicted octanol–water partition coefficient (Wildman–Crippen LogP) is 6.47. The van der Waals surface area contributed by atoms with Gasteiger partial charge in [0.2, 0.25) is 0 Å². The quantitative estimate of drug-likeness (QED) is 0.524. The molecular weight excluding hydrogens is 344 g/mol. The zero-order valence-electron chi connectivity index (χ0n) is 15.0. The number of benzene rings is 2. The molecule has 0 saturated carbocycles. The van der Waals surface area contributed by atoms with E-state index in [1.807, 2.05) is 0 Å². The lowest BCUT2D eigenvalue weighted by Crippen LogP contribution is -2.31. The number of para-hydroxylation sites is 1. The maximum atomic E-state index is 5.92. The Labute approximate surface area is 158 Å². The Morgan fingerprint density at radius 2 is 1.84 bits per heavy atom. The molecule has 1 aliphatic rings. The standard InChI is InChI=1S/C21H22N2S2/c1-5-14-9-11-15(12-10-14)23-20(24)17-16-8-6-7-13(2)18(16)22-21(3,4)19(17)25-23/h6-12,22H,5H2,1-4H3. The molecule has 0 atom stereocenters. The Hall–Kier alpha value is -1.91. The lowest BCUT2D eigenvalue weighted by molar-refractivity contribution is 0.619. The number of anilines is 1. The highest BCUT2D eigenvalue weighted by Crippen LogP contribution is 2.48. The normalized spacial score (nSPS) is 14.6. The van der Waals surface area contributed by atoms with Gasteiger partial charge in [0.25, 0.3) is 0 Å². The molecule has 4 rings (SSSR count).